The van der Waals surface area contributed by atoms with Gasteiger partial charge in [0, 0.05) is 13.1 Å². The number of carbonyl (C=O) groups excluding carboxylic acids is 1. The second kappa shape index (κ2) is 4.52. The van der Waals surface area contributed by atoms with E-state index in [9.17, 15) is 9.59 Å². The molecular formula is C11H20N2O4. The molecule has 0 saturated carbocycles. The molecule has 0 aromatic heterocycles. The molecule has 1 rings (SSSR count). The largest absolute Gasteiger partial charge is 0.481 e. The van der Waals surface area contributed by atoms with Gasteiger partial charge in [0.05, 0.1) is 12.0 Å². The number of likely N-dealkylation sites (tertiary alicyclic amines) is 1. The number of ether oxygens (including phenoxy) is 1. The van der Waals surface area contributed by atoms with E-state index in [4.69, 9.17) is 9.84 Å². The molecule has 0 atom stereocenters. The van der Waals surface area contributed by atoms with Crippen LogP contribution in [0, 0.1) is 0 Å². The fourth-order valence-electron chi connectivity index (χ4n) is 1.79. The summed E-state index contributed by atoms with van der Waals surface area (Å²) in [6, 6.07) is 0. The van der Waals surface area contributed by atoms with E-state index < -0.39 is 23.2 Å². The summed E-state index contributed by atoms with van der Waals surface area (Å²) < 4.78 is 5.20. The monoisotopic (exact) mass is 244 g/mol. The highest BCUT2D eigenvalue weighted by Gasteiger charge is 2.46. The SMILES string of the molecule is CNC1(CC(=O)O)CN(C(=O)OC(C)(C)C)C1. The minimum Gasteiger partial charge on any atom is -0.481 e. The Bertz CT molecular complexity index is 316. The van der Waals surface area contributed by atoms with Crippen LogP contribution in [0.4, 0.5) is 4.79 Å². The lowest BCUT2D eigenvalue weighted by Gasteiger charge is -2.49. The van der Waals surface area contributed by atoms with E-state index in [2.05, 4.69) is 5.32 Å². The van der Waals surface area contributed by atoms with Crippen molar-refractivity contribution >= 4 is 12.1 Å². The van der Waals surface area contributed by atoms with Crippen molar-refractivity contribution in [2.75, 3.05) is 20.1 Å². The molecule has 1 fully saturated rings. The Hall–Kier alpha value is -1.30. The number of nitrogens with one attached hydrogen (secondary N) is 1. The van der Waals surface area contributed by atoms with E-state index in [1.807, 2.05) is 0 Å². The topological polar surface area (TPSA) is 78.9 Å². The molecule has 0 bridgehead atoms. The summed E-state index contributed by atoms with van der Waals surface area (Å²) in [7, 11) is 1.70. The molecule has 0 spiro atoms. The van der Waals surface area contributed by atoms with E-state index in [0.717, 1.165) is 0 Å². The van der Waals surface area contributed by atoms with E-state index >= 15 is 0 Å². The quantitative estimate of drug-likeness (QED) is 0.763. The number of nitrogens with zero attached hydrogens (tertiary/aromatic N) is 1. The minimum absolute atomic E-state index is 0.00278. The average Bonchev–Trinajstić information content (AvgIpc) is 2.06. The van der Waals surface area contributed by atoms with Crippen molar-refractivity contribution in [3.8, 4) is 0 Å². The third kappa shape index (κ3) is 3.59. The van der Waals surface area contributed by atoms with Crippen LogP contribution in [0.3, 0.4) is 0 Å². The summed E-state index contributed by atoms with van der Waals surface area (Å²) in [5.41, 5.74) is -1.04. The zero-order valence-corrected chi connectivity index (χ0v) is 10.7. The molecule has 0 aromatic carbocycles. The summed E-state index contributed by atoms with van der Waals surface area (Å²) in [6.07, 6.45) is -0.392. The van der Waals surface area contributed by atoms with Crippen LogP contribution in [0.25, 0.3) is 0 Å². The minimum atomic E-state index is -0.872. The van der Waals surface area contributed by atoms with E-state index in [1.54, 1.807) is 27.8 Å². The summed E-state index contributed by atoms with van der Waals surface area (Å²) in [5, 5.41) is 11.7. The van der Waals surface area contributed by atoms with Gasteiger partial charge in [-0.2, -0.15) is 0 Å². The van der Waals surface area contributed by atoms with Crippen LogP contribution in [-0.2, 0) is 9.53 Å². The number of carbonyl (C=O) groups is 2. The van der Waals surface area contributed by atoms with Gasteiger partial charge in [0.25, 0.3) is 0 Å². The number of carboxylic acids is 1. The highest BCUT2D eigenvalue weighted by Crippen LogP contribution is 2.26. The van der Waals surface area contributed by atoms with Crippen molar-refractivity contribution < 1.29 is 19.4 Å². The smallest absolute Gasteiger partial charge is 0.410 e. The number of rotatable bonds is 3. The Kier molecular flexibility index (Phi) is 3.66. The van der Waals surface area contributed by atoms with E-state index in [1.165, 1.54) is 4.90 Å². The van der Waals surface area contributed by atoms with Crippen molar-refractivity contribution in [2.24, 2.45) is 0 Å². The van der Waals surface area contributed by atoms with Crippen molar-refractivity contribution in [1.82, 2.24) is 10.2 Å². The highest BCUT2D eigenvalue weighted by molar-refractivity contribution is 5.73. The van der Waals surface area contributed by atoms with Crippen molar-refractivity contribution in [3.63, 3.8) is 0 Å². The average molecular weight is 244 g/mol. The van der Waals surface area contributed by atoms with Crippen LogP contribution in [0.2, 0.25) is 0 Å². The van der Waals surface area contributed by atoms with Crippen molar-refractivity contribution in [3.05, 3.63) is 0 Å². The third-order valence-electron chi connectivity index (χ3n) is 2.66. The first-order chi connectivity index (χ1) is 7.67. The lowest BCUT2D eigenvalue weighted by atomic mass is 9.87. The van der Waals surface area contributed by atoms with Crippen LogP contribution in [0.15, 0.2) is 0 Å². The van der Waals surface area contributed by atoms with E-state index in [0.29, 0.717) is 13.1 Å². The first-order valence-corrected chi connectivity index (χ1v) is 5.56. The maximum atomic E-state index is 11.7. The zero-order valence-electron chi connectivity index (χ0n) is 10.7. The summed E-state index contributed by atoms with van der Waals surface area (Å²) in [5.74, 6) is -0.872. The standard InChI is InChI=1S/C11H20N2O4/c1-10(2,3)17-9(16)13-6-11(7-13,12-4)5-8(14)15/h12H,5-7H2,1-4H3,(H,14,15). The predicted octanol–water partition coefficient (Wildman–Crippen LogP) is 0.670. The van der Waals surface area contributed by atoms with Crippen LogP contribution >= 0.6 is 0 Å². The second-order valence-corrected chi connectivity index (χ2v) is 5.44. The molecule has 98 valence electrons. The van der Waals surface area contributed by atoms with Gasteiger partial charge in [0.2, 0.25) is 0 Å². The van der Waals surface area contributed by atoms with Gasteiger partial charge in [-0.1, -0.05) is 0 Å². The van der Waals surface area contributed by atoms with E-state index in [-0.39, 0.29) is 6.42 Å². The van der Waals surface area contributed by atoms with Gasteiger partial charge in [-0.05, 0) is 27.8 Å². The molecule has 0 unspecified atom stereocenters. The Morgan fingerprint density at radius 1 is 1.41 bits per heavy atom. The Morgan fingerprint density at radius 2 is 1.94 bits per heavy atom. The van der Waals surface area contributed by atoms with Crippen molar-refractivity contribution in [1.29, 1.82) is 0 Å². The van der Waals surface area contributed by atoms with Crippen LogP contribution < -0.4 is 5.32 Å². The van der Waals surface area contributed by atoms with Gasteiger partial charge in [0.1, 0.15) is 5.60 Å². The van der Waals surface area contributed by atoms with Crippen LogP contribution in [0.5, 0.6) is 0 Å². The summed E-state index contributed by atoms with van der Waals surface area (Å²) >= 11 is 0. The fourth-order valence-corrected chi connectivity index (χ4v) is 1.79. The molecule has 0 aliphatic carbocycles. The number of carboxylic acid groups (broad SMARTS) is 1. The number of likely N-dealkylation sites (N-methyl/N-ethyl adjacent to an activating group) is 1. The summed E-state index contributed by atoms with van der Waals surface area (Å²) in [6.45, 7) is 6.13. The van der Waals surface area contributed by atoms with Crippen LogP contribution in [0.1, 0.15) is 27.2 Å². The molecule has 17 heavy (non-hydrogen) atoms. The number of hydrogen-bond acceptors (Lipinski definition) is 4. The number of amides is 1. The molecule has 1 aliphatic heterocycles. The Labute approximate surface area is 101 Å². The number of hydrogen-bond donors (Lipinski definition) is 2. The second-order valence-electron chi connectivity index (χ2n) is 5.44. The third-order valence-corrected chi connectivity index (χ3v) is 2.66. The van der Waals surface area contributed by atoms with Crippen LogP contribution in [-0.4, -0.2) is 53.3 Å². The molecule has 1 aliphatic rings. The number of aliphatic carboxylic acids is 1. The zero-order chi connectivity index (χ0) is 13.3. The molecule has 6 heteroatoms. The predicted molar refractivity (Wildman–Crippen MR) is 61.9 cm³/mol. The van der Waals surface area contributed by atoms with Gasteiger partial charge in [-0.25, -0.2) is 4.79 Å². The first-order valence-electron chi connectivity index (χ1n) is 5.56. The van der Waals surface area contributed by atoms with Gasteiger partial charge < -0.3 is 20.1 Å². The normalized spacial score (nSPS) is 18.5. The van der Waals surface area contributed by atoms with Gasteiger partial charge in [-0.3, -0.25) is 4.79 Å². The maximum Gasteiger partial charge on any atom is 0.410 e. The Balaban J connectivity index is 2.49. The highest BCUT2D eigenvalue weighted by atomic mass is 16.6. The molecule has 1 heterocycles. The molecule has 0 aromatic rings. The molecule has 1 amide bonds. The van der Waals surface area contributed by atoms with Gasteiger partial charge >= 0.3 is 12.1 Å². The molecule has 0 radical (unpaired) electrons. The molecule has 6 nitrogen and oxygen atoms in total. The fraction of sp³-hybridized carbons (Fsp3) is 0.818. The first kappa shape index (κ1) is 13.8. The summed E-state index contributed by atoms with van der Waals surface area (Å²) in [4.78, 5) is 23.9. The molecule has 2 N–H and O–H groups in total. The lowest BCUT2D eigenvalue weighted by Crippen LogP contribution is -2.70. The Morgan fingerprint density at radius 3 is 2.29 bits per heavy atom. The van der Waals surface area contributed by atoms with Gasteiger partial charge in [0.15, 0.2) is 0 Å². The molecular weight excluding hydrogens is 224 g/mol. The maximum absolute atomic E-state index is 11.7. The van der Waals surface area contributed by atoms with Crippen molar-refractivity contribution in [2.45, 2.75) is 38.3 Å². The molecule has 1 saturated heterocycles. The van der Waals surface area contributed by atoms with Gasteiger partial charge in [-0.15, -0.1) is 0 Å². The lowest BCUT2D eigenvalue weighted by molar-refractivity contribution is -0.140.